The Morgan fingerprint density at radius 3 is 1.87 bits per heavy atom. The first-order valence-electron chi connectivity index (χ1n) is 12.0. The van der Waals surface area contributed by atoms with Crippen molar-refractivity contribution < 1.29 is 49.0 Å². The van der Waals surface area contributed by atoms with Gasteiger partial charge >= 0.3 is 24.6 Å². The van der Waals surface area contributed by atoms with Crippen molar-refractivity contribution in [2.45, 2.75) is 69.7 Å². The van der Waals surface area contributed by atoms with Crippen molar-refractivity contribution >= 4 is 6.09 Å². The number of cyclic esters (lactones) is 1. The van der Waals surface area contributed by atoms with Gasteiger partial charge in [-0.25, -0.2) is 4.79 Å². The highest BCUT2D eigenvalue weighted by molar-refractivity contribution is 5.70. The van der Waals surface area contributed by atoms with Gasteiger partial charge < -0.3 is 4.74 Å². The summed E-state index contributed by atoms with van der Waals surface area (Å²) in [4.78, 5) is 13.5. The van der Waals surface area contributed by atoms with Gasteiger partial charge in [0.2, 0.25) is 0 Å². The molecule has 0 spiro atoms. The highest BCUT2D eigenvalue weighted by atomic mass is 19.4. The number of nitrogens with zero attached hydrogens (tertiary/aromatic N) is 1. The fraction of sp³-hybridized carbons (Fsp3) is 0.500. The predicted molar refractivity (Wildman–Crippen MR) is 118 cm³/mol. The van der Waals surface area contributed by atoms with Crippen LogP contribution in [0.1, 0.15) is 71.6 Å². The number of ether oxygens (including phenoxy) is 1. The minimum absolute atomic E-state index is 0.0295. The largest absolute Gasteiger partial charge is 0.439 e. The molecule has 1 saturated heterocycles. The second-order valence-corrected chi connectivity index (χ2v) is 9.78. The van der Waals surface area contributed by atoms with Crippen LogP contribution in [-0.2, 0) is 36.2 Å². The van der Waals surface area contributed by atoms with Crippen LogP contribution in [0, 0.1) is 5.92 Å². The van der Waals surface area contributed by atoms with Crippen LogP contribution in [0.2, 0.25) is 0 Å². The minimum Gasteiger partial charge on any atom is -0.439 e. The smallest absolute Gasteiger partial charge is 0.416 e. The van der Waals surface area contributed by atoms with E-state index in [2.05, 4.69) is 0 Å². The van der Waals surface area contributed by atoms with Crippen LogP contribution < -0.4 is 0 Å². The number of halogens is 9. The number of hydrogen-bond donors (Lipinski definition) is 0. The second-order valence-electron chi connectivity index (χ2n) is 9.78. The molecule has 0 bridgehead atoms. The topological polar surface area (TPSA) is 29.5 Å². The van der Waals surface area contributed by atoms with E-state index in [-0.39, 0.29) is 24.1 Å². The fourth-order valence-corrected chi connectivity index (χ4v) is 5.03. The fourth-order valence-electron chi connectivity index (χ4n) is 5.03. The van der Waals surface area contributed by atoms with Gasteiger partial charge in [-0.05, 0) is 59.4 Å². The minimum atomic E-state index is -5.08. The molecule has 2 fully saturated rings. The summed E-state index contributed by atoms with van der Waals surface area (Å²) in [5, 5.41) is 0. The molecule has 12 heteroatoms. The number of benzene rings is 2. The Morgan fingerprint density at radius 1 is 0.737 bits per heavy atom. The van der Waals surface area contributed by atoms with Crippen LogP contribution in [0.15, 0.2) is 36.4 Å². The number of rotatable bonds is 5. The summed E-state index contributed by atoms with van der Waals surface area (Å²) in [6, 6.07) is 4.20. The van der Waals surface area contributed by atoms with Crippen molar-refractivity contribution in [1.29, 1.82) is 0 Å². The lowest BCUT2D eigenvalue weighted by Crippen LogP contribution is -2.25. The lowest BCUT2D eigenvalue weighted by molar-refractivity contribution is -0.143. The third kappa shape index (κ3) is 6.55. The van der Waals surface area contributed by atoms with E-state index in [1.165, 1.54) is 6.07 Å². The number of amides is 1. The van der Waals surface area contributed by atoms with E-state index in [0.29, 0.717) is 24.1 Å². The summed E-state index contributed by atoms with van der Waals surface area (Å²) in [6.07, 6.45) is -11.8. The van der Waals surface area contributed by atoms with Crippen LogP contribution in [0.5, 0.6) is 0 Å². The van der Waals surface area contributed by atoms with Gasteiger partial charge in [-0.2, -0.15) is 39.5 Å². The first kappa shape index (κ1) is 28.1. The molecule has 2 aromatic rings. The first-order valence-corrected chi connectivity index (χ1v) is 12.0. The van der Waals surface area contributed by atoms with Crippen LogP contribution in [0.25, 0.3) is 0 Å². The molecule has 1 unspecified atom stereocenters. The van der Waals surface area contributed by atoms with Crippen molar-refractivity contribution in [2.75, 3.05) is 6.54 Å². The Labute approximate surface area is 212 Å². The molecule has 38 heavy (non-hydrogen) atoms. The van der Waals surface area contributed by atoms with Gasteiger partial charge in [0.1, 0.15) is 6.10 Å². The molecule has 1 aliphatic carbocycles. The van der Waals surface area contributed by atoms with Gasteiger partial charge in [0.25, 0.3) is 0 Å². The van der Waals surface area contributed by atoms with Gasteiger partial charge in [-0.3, -0.25) is 4.90 Å². The van der Waals surface area contributed by atoms with Gasteiger partial charge in [-0.15, -0.1) is 0 Å². The molecule has 0 radical (unpaired) electrons. The predicted octanol–water partition coefficient (Wildman–Crippen LogP) is 8.56. The van der Waals surface area contributed by atoms with Crippen molar-refractivity contribution in [1.82, 2.24) is 4.90 Å². The highest BCUT2D eigenvalue weighted by Gasteiger charge is 2.40. The average Bonchev–Trinajstić information content (AvgIpc) is 3.19. The van der Waals surface area contributed by atoms with Crippen LogP contribution in [0.3, 0.4) is 0 Å². The van der Waals surface area contributed by atoms with Gasteiger partial charge in [0.05, 0.1) is 23.2 Å². The van der Waals surface area contributed by atoms with E-state index in [1.807, 2.05) is 0 Å². The zero-order chi connectivity index (χ0) is 27.9. The standard InChI is InChI=1S/C26H24F9NO2/c27-24(28,29)19-7-6-16(8-15-4-2-1-3-5-15)18(11-19)13-36-14-22(38-23(36)37)17-9-20(25(30,31)32)12-21(10-17)26(33,34)35/h6-7,9-12,15,22H,1-5,8,13-14H2. The Hall–Kier alpha value is -2.92. The molecule has 1 aliphatic heterocycles. The summed E-state index contributed by atoms with van der Waals surface area (Å²) < 4.78 is 125. The maximum absolute atomic E-state index is 13.4. The van der Waals surface area contributed by atoms with E-state index < -0.39 is 59.5 Å². The molecule has 2 aliphatic rings. The van der Waals surface area contributed by atoms with Crippen molar-refractivity contribution in [3.05, 3.63) is 69.8 Å². The third-order valence-electron chi connectivity index (χ3n) is 7.00. The number of alkyl halides is 9. The molecule has 1 heterocycles. The normalized spacial score (nSPS) is 19.7. The Kier molecular flexibility index (Phi) is 7.64. The number of carbonyl (C=O) groups is 1. The lowest BCUT2D eigenvalue weighted by Gasteiger charge is -2.24. The molecular formula is C26H24F9NO2. The first-order chi connectivity index (χ1) is 17.6. The quantitative estimate of drug-likeness (QED) is 0.347. The summed E-state index contributed by atoms with van der Waals surface area (Å²) in [6.45, 7) is -0.747. The van der Waals surface area contributed by atoms with E-state index in [1.54, 1.807) is 0 Å². The van der Waals surface area contributed by atoms with Gasteiger partial charge in [-0.1, -0.05) is 38.2 Å². The van der Waals surface area contributed by atoms with Crippen molar-refractivity contribution in [3.63, 3.8) is 0 Å². The SMILES string of the molecule is O=C1OC(c2cc(C(F)(F)F)cc(C(F)(F)F)c2)CN1Cc1cc(C(F)(F)F)ccc1CC1CCCCC1. The third-order valence-corrected chi connectivity index (χ3v) is 7.00. The van der Waals surface area contributed by atoms with Crippen molar-refractivity contribution in [3.8, 4) is 0 Å². The summed E-state index contributed by atoms with van der Waals surface area (Å²) >= 11 is 0. The highest BCUT2D eigenvalue weighted by Crippen LogP contribution is 2.40. The number of carbonyl (C=O) groups excluding carboxylic acids is 1. The van der Waals surface area contributed by atoms with Gasteiger partial charge in [0, 0.05) is 6.54 Å². The summed E-state index contributed by atoms with van der Waals surface area (Å²) in [5.74, 6) is 0.267. The molecule has 0 N–H and O–H groups in total. The zero-order valence-corrected chi connectivity index (χ0v) is 19.9. The second kappa shape index (κ2) is 10.3. The Bertz CT molecular complexity index is 1130. The summed E-state index contributed by atoms with van der Waals surface area (Å²) in [5.41, 5.74) is -3.71. The maximum atomic E-state index is 13.4. The number of hydrogen-bond acceptors (Lipinski definition) is 2. The van der Waals surface area contributed by atoms with E-state index in [0.717, 1.165) is 49.1 Å². The molecule has 1 amide bonds. The van der Waals surface area contributed by atoms with Crippen LogP contribution in [0.4, 0.5) is 44.3 Å². The molecule has 1 saturated carbocycles. The zero-order valence-electron chi connectivity index (χ0n) is 19.9. The lowest BCUT2D eigenvalue weighted by atomic mass is 9.83. The molecular weight excluding hydrogens is 529 g/mol. The van der Waals surface area contributed by atoms with E-state index >= 15 is 0 Å². The maximum Gasteiger partial charge on any atom is 0.416 e. The molecule has 1 atom stereocenters. The Balaban J connectivity index is 1.61. The van der Waals surface area contributed by atoms with E-state index in [4.69, 9.17) is 4.74 Å². The molecule has 3 nitrogen and oxygen atoms in total. The van der Waals surface area contributed by atoms with Crippen LogP contribution in [-0.4, -0.2) is 17.5 Å². The van der Waals surface area contributed by atoms with Gasteiger partial charge in [0.15, 0.2) is 0 Å². The molecule has 208 valence electrons. The van der Waals surface area contributed by atoms with Crippen molar-refractivity contribution in [2.24, 2.45) is 5.92 Å². The molecule has 2 aromatic carbocycles. The summed E-state index contributed by atoms with van der Waals surface area (Å²) in [7, 11) is 0. The monoisotopic (exact) mass is 553 g/mol. The Morgan fingerprint density at radius 2 is 1.32 bits per heavy atom. The van der Waals surface area contributed by atoms with Crippen LogP contribution >= 0.6 is 0 Å². The van der Waals surface area contributed by atoms with E-state index in [9.17, 15) is 44.3 Å². The molecule has 0 aromatic heterocycles. The molecule has 4 rings (SSSR count). The average molecular weight is 553 g/mol.